The molecule has 2 aromatic rings. The number of rotatable bonds is 4. The Kier molecular flexibility index (Phi) is 4.37. The van der Waals surface area contributed by atoms with Gasteiger partial charge in [-0.05, 0) is 23.3 Å². The van der Waals surface area contributed by atoms with Gasteiger partial charge in [-0.2, -0.15) is 0 Å². The number of halogens is 2. The molecule has 0 unspecified atom stereocenters. The molecule has 0 saturated heterocycles. The van der Waals surface area contributed by atoms with E-state index in [2.05, 4.69) is 10.3 Å². The van der Waals surface area contributed by atoms with E-state index in [0.29, 0.717) is 5.15 Å². The fraction of sp³-hybridized carbons (Fsp3) is 0.154. The third-order valence-electron chi connectivity index (χ3n) is 2.39. The average molecular weight is 267 g/mol. The van der Waals surface area contributed by atoms with Crippen LogP contribution in [0.3, 0.4) is 0 Å². The van der Waals surface area contributed by atoms with Crippen LogP contribution in [0.15, 0.2) is 42.6 Å². The minimum absolute atomic E-state index is 0.514. The molecule has 0 aliphatic carbocycles. The molecule has 2 rings (SSSR count). The van der Waals surface area contributed by atoms with Gasteiger partial charge in [0.2, 0.25) is 0 Å². The minimum Gasteiger partial charge on any atom is -0.309 e. The van der Waals surface area contributed by atoms with Crippen LogP contribution in [0, 0.1) is 0 Å². The molecule has 0 saturated carbocycles. The van der Waals surface area contributed by atoms with Crippen LogP contribution in [0.5, 0.6) is 0 Å². The van der Waals surface area contributed by atoms with E-state index in [4.69, 9.17) is 23.2 Å². The summed E-state index contributed by atoms with van der Waals surface area (Å²) in [6, 6.07) is 11.5. The molecule has 1 aromatic carbocycles. The number of hydrogen-bond acceptors (Lipinski definition) is 2. The minimum atomic E-state index is 0.514. The summed E-state index contributed by atoms with van der Waals surface area (Å²) >= 11 is 11.8. The first-order chi connectivity index (χ1) is 8.25. The molecule has 1 heterocycles. The van der Waals surface area contributed by atoms with Gasteiger partial charge in [-0.3, -0.25) is 0 Å². The smallest absolute Gasteiger partial charge is 0.129 e. The lowest BCUT2D eigenvalue weighted by Gasteiger charge is -2.06. The Morgan fingerprint density at radius 3 is 2.53 bits per heavy atom. The highest BCUT2D eigenvalue weighted by Crippen LogP contribution is 2.14. The van der Waals surface area contributed by atoms with Crippen LogP contribution in [-0.4, -0.2) is 4.98 Å². The van der Waals surface area contributed by atoms with E-state index < -0.39 is 0 Å². The number of nitrogens with one attached hydrogen (secondary N) is 1. The molecule has 1 aromatic heterocycles. The molecular formula is C13H12Cl2N2. The zero-order valence-electron chi connectivity index (χ0n) is 9.16. The van der Waals surface area contributed by atoms with E-state index in [9.17, 15) is 0 Å². The number of benzene rings is 1. The van der Waals surface area contributed by atoms with Crippen molar-refractivity contribution in [3.63, 3.8) is 0 Å². The average Bonchev–Trinajstić information content (AvgIpc) is 2.34. The van der Waals surface area contributed by atoms with Crippen molar-refractivity contribution >= 4 is 23.2 Å². The summed E-state index contributed by atoms with van der Waals surface area (Å²) < 4.78 is 0. The summed E-state index contributed by atoms with van der Waals surface area (Å²) in [6.07, 6.45) is 1.77. The Morgan fingerprint density at radius 1 is 1.00 bits per heavy atom. The molecule has 0 spiro atoms. The molecule has 0 amide bonds. The van der Waals surface area contributed by atoms with Crippen LogP contribution in [0.2, 0.25) is 10.2 Å². The van der Waals surface area contributed by atoms with Gasteiger partial charge in [0, 0.05) is 24.3 Å². The maximum atomic E-state index is 6.06. The van der Waals surface area contributed by atoms with Gasteiger partial charge in [-0.15, -0.1) is 0 Å². The van der Waals surface area contributed by atoms with Crippen molar-refractivity contribution < 1.29 is 0 Å². The summed E-state index contributed by atoms with van der Waals surface area (Å²) in [7, 11) is 0. The standard InChI is InChI=1S/C13H12Cl2N2/c14-12-4-2-1-3-11(12)9-16-7-10-5-6-13(15)17-8-10/h1-6,8,16H,7,9H2. The SMILES string of the molecule is Clc1ccc(CNCc2ccccc2Cl)cn1. The summed E-state index contributed by atoms with van der Waals surface area (Å²) in [4.78, 5) is 4.02. The highest BCUT2D eigenvalue weighted by Gasteiger charge is 1.98. The van der Waals surface area contributed by atoms with E-state index in [0.717, 1.165) is 29.2 Å². The number of pyridine rings is 1. The Labute approximate surface area is 111 Å². The zero-order valence-corrected chi connectivity index (χ0v) is 10.7. The van der Waals surface area contributed by atoms with Crippen LogP contribution in [0.4, 0.5) is 0 Å². The molecule has 17 heavy (non-hydrogen) atoms. The molecule has 0 aliphatic heterocycles. The normalized spacial score (nSPS) is 10.5. The van der Waals surface area contributed by atoms with Gasteiger partial charge >= 0.3 is 0 Å². The lowest BCUT2D eigenvalue weighted by atomic mass is 10.2. The topological polar surface area (TPSA) is 24.9 Å². The van der Waals surface area contributed by atoms with Gasteiger partial charge < -0.3 is 5.32 Å². The van der Waals surface area contributed by atoms with Crippen molar-refractivity contribution in [1.82, 2.24) is 10.3 Å². The largest absolute Gasteiger partial charge is 0.309 e. The maximum Gasteiger partial charge on any atom is 0.129 e. The second-order valence-corrected chi connectivity index (χ2v) is 4.48. The molecular weight excluding hydrogens is 255 g/mol. The highest BCUT2D eigenvalue weighted by atomic mass is 35.5. The van der Waals surface area contributed by atoms with Crippen LogP contribution in [0.25, 0.3) is 0 Å². The Morgan fingerprint density at radius 2 is 1.82 bits per heavy atom. The Balaban J connectivity index is 1.88. The van der Waals surface area contributed by atoms with E-state index in [1.807, 2.05) is 30.3 Å². The first-order valence-electron chi connectivity index (χ1n) is 5.30. The predicted octanol–water partition coefficient (Wildman–Crippen LogP) is 3.68. The van der Waals surface area contributed by atoms with Crippen molar-refractivity contribution in [2.45, 2.75) is 13.1 Å². The van der Waals surface area contributed by atoms with Crippen molar-refractivity contribution in [3.05, 3.63) is 63.9 Å². The van der Waals surface area contributed by atoms with Crippen molar-refractivity contribution in [1.29, 1.82) is 0 Å². The molecule has 0 bridgehead atoms. The summed E-state index contributed by atoms with van der Waals surface area (Å²) in [5.74, 6) is 0. The first-order valence-corrected chi connectivity index (χ1v) is 6.06. The van der Waals surface area contributed by atoms with Gasteiger partial charge in [0.05, 0.1) is 0 Å². The Hall–Kier alpha value is -1.09. The van der Waals surface area contributed by atoms with E-state index in [1.165, 1.54) is 0 Å². The summed E-state index contributed by atoms with van der Waals surface area (Å²) in [5.41, 5.74) is 2.19. The van der Waals surface area contributed by atoms with Gasteiger partial charge in [-0.1, -0.05) is 47.5 Å². The maximum absolute atomic E-state index is 6.06. The number of aromatic nitrogens is 1. The van der Waals surface area contributed by atoms with Crippen molar-refractivity contribution in [2.24, 2.45) is 0 Å². The van der Waals surface area contributed by atoms with Crippen LogP contribution >= 0.6 is 23.2 Å². The summed E-state index contributed by atoms with van der Waals surface area (Å²) in [6.45, 7) is 1.48. The van der Waals surface area contributed by atoms with Crippen molar-refractivity contribution in [3.8, 4) is 0 Å². The second kappa shape index (κ2) is 6.01. The number of hydrogen-bond donors (Lipinski definition) is 1. The molecule has 0 atom stereocenters. The van der Waals surface area contributed by atoms with Gasteiger partial charge in [0.25, 0.3) is 0 Å². The predicted molar refractivity (Wildman–Crippen MR) is 71.2 cm³/mol. The Bertz CT molecular complexity index is 483. The lowest BCUT2D eigenvalue weighted by Crippen LogP contribution is -2.13. The molecule has 88 valence electrons. The quantitative estimate of drug-likeness (QED) is 0.855. The molecule has 2 nitrogen and oxygen atoms in total. The fourth-order valence-corrected chi connectivity index (χ4v) is 1.81. The van der Waals surface area contributed by atoms with E-state index in [-0.39, 0.29) is 0 Å². The third-order valence-corrected chi connectivity index (χ3v) is 2.98. The second-order valence-electron chi connectivity index (χ2n) is 3.68. The molecule has 4 heteroatoms. The van der Waals surface area contributed by atoms with Crippen molar-refractivity contribution in [2.75, 3.05) is 0 Å². The molecule has 0 fully saturated rings. The monoisotopic (exact) mass is 266 g/mol. The van der Waals surface area contributed by atoms with Gasteiger partial charge in [0.15, 0.2) is 0 Å². The number of nitrogens with zero attached hydrogens (tertiary/aromatic N) is 1. The first kappa shape index (κ1) is 12.4. The molecule has 0 radical (unpaired) electrons. The lowest BCUT2D eigenvalue weighted by molar-refractivity contribution is 0.691. The van der Waals surface area contributed by atoms with Crippen LogP contribution in [-0.2, 0) is 13.1 Å². The van der Waals surface area contributed by atoms with Gasteiger partial charge in [-0.25, -0.2) is 4.98 Å². The summed E-state index contributed by atoms with van der Waals surface area (Å²) in [5, 5.41) is 4.61. The molecule has 1 N–H and O–H groups in total. The van der Waals surface area contributed by atoms with Crippen LogP contribution < -0.4 is 5.32 Å². The van der Waals surface area contributed by atoms with E-state index >= 15 is 0 Å². The molecule has 0 aliphatic rings. The highest BCUT2D eigenvalue weighted by molar-refractivity contribution is 6.31. The third kappa shape index (κ3) is 3.70. The van der Waals surface area contributed by atoms with Gasteiger partial charge in [0.1, 0.15) is 5.15 Å². The fourth-order valence-electron chi connectivity index (χ4n) is 1.49. The zero-order chi connectivity index (χ0) is 12.1. The van der Waals surface area contributed by atoms with E-state index in [1.54, 1.807) is 12.3 Å². The van der Waals surface area contributed by atoms with Crippen LogP contribution in [0.1, 0.15) is 11.1 Å².